The predicted octanol–water partition coefficient (Wildman–Crippen LogP) is 2.89. The fourth-order valence-electron chi connectivity index (χ4n) is 3.17. The van der Waals surface area contributed by atoms with Crippen LogP contribution in [0.25, 0.3) is 10.9 Å². The largest absolute Gasteiger partial charge is 0.396 e. The highest BCUT2D eigenvalue weighted by Gasteiger charge is 2.30. The second kappa shape index (κ2) is 8.80. The first-order valence-electron chi connectivity index (χ1n) is 9.80. The Hall–Kier alpha value is -2.64. The lowest BCUT2D eigenvalue weighted by molar-refractivity contribution is -0.120. The van der Waals surface area contributed by atoms with Crippen molar-refractivity contribution in [3.8, 4) is 0 Å². The molecule has 1 aliphatic carbocycles. The molecule has 1 saturated carbocycles. The van der Waals surface area contributed by atoms with Gasteiger partial charge in [0.1, 0.15) is 5.25 Å². The van der Waals surface area contributed by atoms with Crippen LogP contribution in [0.3, 0.4) is 0 Å². The minimum atomic E-state index is -0.509. The van der Waals surface area contributed by atoms with Crippen LogP contribution in [0, 0.1) is 0 Å². The van der Waals surface area contributed by atoms with Crippen LogP contribution in [-0.4, -0.2) is 33.2 Å². The van der Waals surface area contributed by atoms with Crippen molar-refractivity contribution in [2.75, 3.05) is 6.61 Å². The Kier molecular flexibility index (Phi) is 5.97. The number of fused-ring (bicyclic) bond motifs is 1. The molecule has 3 aromatic rings. The molecule has 6 nitrogen and oxygen atoms in total. The molecular weight excluding hydrogens is 386 g/mol. The van der Waals surface area contributed by atoms with Crippen LogP contribution in [0.15, 0.2) is 64.5 Å². The van der Waals surface area contributed by atoms with E-state index >= 15 is 0 Å². The molecule has 0 aliphatic heterocycles. The zero-order valence-electron chi connectivity index (χ0n) is 16.0. The van der Waals surface area contributed by atoms with Gasteiger partial charge in [0.2, 0.25) is 5.91 Å². The summed E-state index contributed by atoms with van der Waals surface area (Å²) in [6.45, 7) is 0.328. The lowest BCUT2D eigenvalue weighted by Crippen LogP contribution is -2.31. The summed E-state index contributed by atoms with van der Waals surface area (Å²) in [7, 11) is 0. The minimum absolute atomic E-state index is 0.0202. The van der Waals surface area contributed by atoms with E-state index in [2.05, 4.69) is 5.32 Å². The molecule has 1 atom stereocenters. The number of amides is 1. The van der Waals surface area contributed by atoms with Gasteiger partial charge in [0, 0.05) is 19.2 Å². The highest BCUT2D eigenvalue weighted by atomic mass is 32.2. The van der Waals surface area contributed by atoms with Gasteiger partial charge in [0.25, 0.3) is 5.56 Å². The van der Waals surface area contributed by atoms with Crippen molar-refractivity contribution >= 4 is 28.6 Å². The molecule has 1 heterocycles. The maximum absolute atomic E-state index is 13.1. The van der Waals surface area contributed by atoms with Crippen molar-refractivity contribution in [1.29, 1.82) is 0 Å². The van der Waals surface area contributed by atoms with Crippen molar-refractivity contribution in [3.05, 3.63) is 70.5 Å². The van der Waals surface area contributed by atoms with Gasteiger partial charge in [-0.2, -0.15) is 0 Å². The highest BCUT2D eigenvalue weighted by molar-refractivity contribution is 8.00. The SMILES string of the molecule is O=C(NC1CC1)C(Sc1nc2ccccc2c(=O)n1CCCO)c1ccccc1. The normalized spacial score (nSPS) is 14.7. The summed E-state index contributed by atoms with van der Waals surface area (Å²) in [6.07, 6.45) is 2.46. The molecule has 2 aromatic carbocycles. The van der Waals surface area contributed by atoms with Gasteiger partial charge in [-0.25, -0.2) is 4.98 Å². The van der Waals surface area contributed by atoms with Crippen molar-refractivity contribution < 1.29 is 9.90 Å². The summed E-state index contributed by atoms with van der Waals surface area (Å²) in [4.78, 5) is 30.7. The first kappa shape index (κ1) is 19.7. The Labute approximate surface area is 173 Å². The highest BCUT2D eigenvalue weighted by Crippen LogP contribution is 2.35. The topological polar surface area (TPSA) is 84.2 Å². The molecule has 0 spiro atoms. The van der Waals surface area contributed by atoms with E-state index in [0.29, 0.717) is 29.0 Å². The van der Waals surface area contributed by atoms with Crippen LogP contribution in [0.5, 0.6) is 0 Å². The van der Waals surface area contributed by atoms with E-state index in [-0.39, 0.29) is 24.1 Å². The van der Waals surface area contributed by atoms with Crippen molar-refractivity contribution in [2.45, 2.75) is 42.3 Å². The van der Waals surface area contributed by atoms with Gasteiger partial charge in [-0.3, -0.25) is 14.2 Å². The fraction of sp³-hybridized carbons (Fsp3) is 0.318. The molecule has 1 aromatic heterocycles. The standard InChI is InChI=1S/C22H23N3O3S/c26-14-6-13-25-21(28)17-9-4-5-10-18(17)24-22(25)29-19(15-7-2-1-3-8-15)20(27)23-16-11-12-16/h1-5,7-10,16,19,26H,6,11-14H2,(H,23,27). The summed E-state index contributed by atoms with van der Waals surface area (Å²) in [5, 5.41) is 12.9. The van der Waals surface area contributed by atoms with E-state index in [1.165, 1.54) is 11.8 Å². The van der Waals surface area contributed by atoms with Gasteiger partial charge in [0.05, 0.1) is 10.9 Å². The van der Waals surface area contributed by atoms with Crippen LogP contribution < -0.4 is 10.9 Å². The predicted molar refractivity (Wildman–Crippen MR) is 114 cm³/mol. The van der Waals surface area contributed by atoms with Gasteiger partial charge in [0.15, 0.2) is 5.16 Å². The number of nitrogens with one attached hydrogen (secondary N) is 1. The van der Waals surface area contributed by atoms with Crippen molar-refractivity contribution in [3.63, 3.8) is 0 Å². The van der Waals surface area contributed by atoms with Crippen molar-refractivity contribution in [2.24, 2.45) is 0 Å². The van der Waals surface area contributed by atoms with E-state index in [9.17, 15) is 14.7 Å². The molecule has 0 bridgehead atoms. The third-order valence-electron chi connectivity index (χ3n) is 4.85. The van der Waals surface area contributed by atoms with Crippen molar-refractivity contribution in [1.82, 2.24) is 14.9 Å². The molecule has 1 amide bonds. The van der Waals surface area contributed by atoms with Crippen LogP contribution >= 0.6 is 11.8 Å². The quantitative estimate of drug-likeness (QED) is 0.441. The second-order valence-electron chi connectivity index (χ2n) is 7.14. The Bertz CT molecular complexity index is 1060. The number of rotatable bonds is 8. The zero-order chi connectivity index (χ0) is 20.2. The van der Waals surface area contributed by atoms with Crippen LogP contribution in [-0.2, 0) is 11.3 Å². The molecule has 0 saturated heterocycles. The number of benzene rings is 2. The van der Waals surface area contributed by atoms with E-state index in [0.717, 1.165) is 18.4 Å². The second-order valence-corrected chi connectivity index (χ2v) is 8.21. The monoisotopic (exact) mass is 409 g/mol. The molecule has 29 heavy (non-hydrogen) atoms. The lowest BCUT2D eigenvalue weighted by Gasteiger charge is -2.19. The van der Waals surface area contributed by atoms with Crippen LogP contribution in [0.1, 0.15) is 30.1 Å². The Balaban J connectivity index is 1.75. The average Bonchev–Trinajstić information content (AvgIpc) is 3.56. The summed E-state index contributed by atoms with van der Waals surface area (Å²) in [5.41, 5.74) is 1.32. The number of carbonyl (C=O) groups is 1. The Morgan fingerprint density at radius 2 is 1.90 bits per heavy atom. The number of carbonyl (C=O) groups excluding carboxylic acids is 1. The van der Waals surface area contributed by atoms with Gasteiger partial charge in [-0.15, -0.1) is 0 Å². The number of aliphatic hydroxyl groups is 1. The van der Waals surface area contributed by atoms with E-state index in [1.807, 2.05) is 42.5 Å². The molecule has 1 aliphatic rings. The van der Waals surface area contributed by atoms with E-state index < -0.39 is 5.25 Å². The molecule has 2 N–H and O–H groups in total. The van der Waals surface area contributed by atoms with Gasteiger partial charge >= 0.3 is 0 Å². The molecule has 150 valence electrons. The fourth-order valence-corrected chi connectivity index (χ4v) is 4.31. The van der Waals surface area contributed by atoms with Gasteiger partial charge in [-0.1, -0.05) is 54.2 Å². The molecule has 0 radical (unpaired) electrons. The molecule has 4 rings (SSSR count). The smallest absolute Gasteiger partial charge is 0.262 e. The molecule has 1 unspecified atom stereocenters. The summed E-state index contributed by atoms with van der Waals surface area (Å²) in [5.74, 6) is -0.0696. The summed E-state index contributed by atoms with van der Waals surface area (Å²) >= 11 is 1.28. The average molecular weight is 410 g/mol. The Morgan fingerprint density at radius 1 is 1.17 bits per heavy atom. The minimum Gasteiger partial charge on any atom is -0.396 e. The van der Waals surface area contributed by atoms with E-state index in [1.54, 1.807) is 16.7 Å². The number of thioether (sulfide) groups is 1. The first-order chi connectivity index (χ1) is 14.2. The first-order valence-corrected chi connectivity index (χ1v) is 10.7. The molecular formula is C22H23N3O3S. The van der Waals surface area contributed by atoms with E-state index in [4.69, 9.17) is 4.98 Å². The number of hydrogen-bond acceptors (Lipinski definition) is 5. The number of nitrogens with zero attached hydrogens (tertiary/aromatic N) is 2. The maximum atomic E-state index is 13.1. The summed E-state index contributed by atoms with van der Waals surface area (Å²) in [6, 6.07) is 17.0. The number of aromatic nitrogens is 2. The molecule has 1 fully saturated rings. The number of para-hydroxylation sites is 1. The maximum Gasteiger partial charge on any atom is 0.262 e. The zero-order valence-corrected chi connectivity index (χ0v) is 16.8. The van der Waals surface area contributed by atoms with Gasteiger partial charge in [-0.05, 0) is 37.0 Å². The lowest BCUT2D eigenvalue weighted by atomic mass is 10.1. The molecule has 7 heteroatoms. The third-order valence-corrected chi connectivity index (χ3v) is 6.10. The summed E-state index contributed by atoms with van der Waals surface area (Å²) < 4.78 is 1.57. The number of hydrogen-bond donors (Lipinski definition) is 2. The van der Waals surface area contributed by atoms with Crippen LogP contribution in [0.2, 0.25) is 0 Å². The van der Waals surface area contributed by atoms with Crippen LogP contribution in [0.4, 0.5) is 0 Å². The van der Waals surface area contributed by atoms with Gasteiger partial charge < -0.3 is 10.4 Å². The Morgan fingerprint density at radius 3 is 2.62 bits per heavy atom. The third kappa shape index (κ3) is 4.52. The number of aliphatic hydroxyl groups excluding tert-OH is 1.